The number of halogens is 1. The van der Waals surface area contributed by atoms with Crippen LogP contribution in [0.4, 0.5) is 0 Å². The molecule has 0 aromatic heterocycles. The molecular formula is C12H14ClNO3. The average Bonchev–Trinajstić information content (AvgIpc) is 2.29. The van der Waals surface area contributed by atoms with E-state index in [9.17, 15) is 9.59 Å². The molecule has 1 N–H and O–H groups in total. The van der Waals surface area contributed by atoms with Crippen molar-refractivity contribution in [2.45, 2.75) is 20.0 Å². The van der Waals surface area contributed by atoms with Crippen molar-refractivity contribution >= 4 is 23.5 Å². The summed E-state index contributed by atoms with van der Waals surface area (Å²) in [6.07, 6.45) is -0.835. The standard InChI is InChI=1S/C12H14ClNO3/c1-3-14-11(15)8(2)17-12(16)9-6-4-5-7-10(9)13/h4-8H,3H2,1-2H3,(H,14,15)/t8-/m0/s1. The molecule has 0 heterocycles. The summed E-state index contributed by atoms with van der Waals surface area (Å²) >= 11 is 5.84. The first-order valence-corrected chi connectivity index (χ1v) is 5.67. The summed E-state index contributed by atoms with van der Waals surface area (Å²) in [4.78, 5) is 23.1. The Morgan fingerprint density at radius 3 is 2.65 bits per heavy atom. The summed E-state index contributed by atoms with van der Waals surface area (Å²) in [5.74, 6) is -0.928. The first-order chi connectivity index (χ1) is 8.06. The van der Waals surface area contributed by atoms with E-state index < -0.39 is 12.1 Å². The van der Waals surface area contributed by atoms with Gasteiger partial charge in [-0.05, 0) is 26.0 Å². The maximum atomic E-state index is 11.7. The summed E-state index contributed by atoms with van der Waals surface area (Å²) in [6.45, 7) is 3.80. The Morgan fingerprint density at radius 2 is 2.06 bits per heavy atom. The molecule has 92 valence electrons. The molecule has 0 aliphatic carbocycles. The molecule has 4 nitrogen and oxygen atoms in total. The zero-order valence-electron chi connectivity index (χ0n) is 9.70. The van der Waals surface area contributed by atoms with Crippen LogP contribution in [0.5, 0.6) is 0 Å². The predicted octanol–water partition coefficient (Wildman–Crippen LogP) is 2.02. The lowest BCUT2D eigenvalue weighted by Gasteiger charge is -2.13. The van der Waals surface area contributed by atoms with Crippen LogP contribution in [0.25, 0.3) is 0 Å². The van der Waals surface area contributed by atoms with Crippen molar-refractivity contribution in [2.75, 3.05) is 6.54 Å². The lowest BCUT2D eigenvalue weighted by atomic mass is 10.2. The number of ether oxygens (including phenoxy) is 1. The van der Waals surface area contributed by atoms with E-state index in [-0.39, 0.29) is 11.5 Å². The highest BCUT2D eigenvalue weighted by Crippen LogP contribution is 2.16. The Bertz CT molecular complexity index is 420. The Balaban J connectivity index is 2.67. The van der Waals surface area contributed by atoms with Crippen molar-refractivity contribution in [2.24, 2.45) is 0 Å². The first-order valence-electron chi connectivity index (χ1n) is 5.29. The molecule has 0 bridgehead atoms. The molecule has 1 atom stereocenters. The molecular weight excluding hydrogens is 242 g/mol. The molecule has 0 unspecified atom stereocenters. The fourth-order valence-corrected chi connectivity index (χ4v) is 1.44. The van der Waals surface area contributed by atoms with Crippen LogP contribution in [0, 0.1) is 0 Å². The highest BCUT2D eigenvalue weighted by Gasteiger charge is 2.19. The second-order valence-electron chi connectivity index (χ2n) is 3.42. The predicted molar refractivity (Wildman–Crippen MR) is 65.0 cm³/mol. The number of likely N-dealkylation sites (N-methyl/N-ethyl adjacent to an activating group) is 1. The molecule has 17 heavy (non-hydrogen) atoms. The molecule has 0 fully saturated rings. The van der Waals surface area contributed by atoms with Crippen LogP contribution < -0.4 is 5.32 Å². The van der Waals surface area contributed by atoms with Crippen LogP contribution >= 0.6 is 11.6 Å². The van der Waals surface area contributed by atoms with E-state index in [1.165, 1.54) is 6.92 Å². The number of hydrogen-bond acceptors (Lipinski definition) is 3. The number of amides is 1. The number of benzene rings is 1. The second-order valence-corrected chi connectivity index (χ2v) is 3.83. The fourth-order valence-electron chi connectivity index (χ4n) is 1.22. The Hall–Kier alpha value is -1.55. The van der Waals surface area contributed by atoms with Gasteiger partial charge in [0, 0.05) is 6.54 Å². The summed E-state index contributed by atoms with van der Waals surface area (Å²) in [6, 6.07) is 6.54. The molecule has 1 aromatic carbocycles. The third kappa shape index (κ3) is 3.75. The molecule has 1 rings (SSSR count). The molecule has 0 aliphatic heterocycles. The van der Waals surface area contributed by atoms with Gasteiger partial charge < -0.3 is 10.1 Å². The van der Waals surface area contributed by atoms with E-state index in [4.69, 9.17) is 16.3 Å². The van der Waals surface area contributed by atoms with Crippen LogP contribution in [-0.2, 0) is 9.53 Å². The minimum atomic E-state index is -0.835. The molecule has 0 saturated heterocycles. The van der Waals surface area contributed by atoms with Crippen LogP contribution in [-0.4, -0.2) is 24.5 Å². The van der Waals surface area contributed by atoms with Gasteiger partial charge in [-0.25, -0.2) is 4.79 Å². The highest BCUT2D eigenvalue weighted by atomic mass is 35.5. The maximum Gasteiger partial charge on any atom is 0.340 e. The van der Waals surface area contributed by atoms with E-state index in [2.05, 4.69) is 5.32 Å². The Kier molecular flexibility index (Phi) is 4.97. The average molecular weight is 256 g/mol. The third-order valence-electron chi connectivity index (χ3n) is 2.10. The molecule has 0 spiro atoms. The third-order valence-corrected chi connectivity index (χ3v) is 2.43. The number of esters is 1. The molecule has 0 saturated carbocycles. The Morgan fingerprint density at radius 1 is 1.41 bits per heavy atom. The Labute approximate surface area is 105 Å². The summed E-state index contributed by atoms with van der Waals surface area (Å²) in [7, 11) is 0. The minimum absolute atomic E-state index is 0.255. The van der Waals surface area contributed by atoms with Gasteiger partial charge in [0.15, 0.2) is 6.10 Å². The van der Waals surface area contributed by atoms with E-state index in [0.717, 1.165) is 0 Å². The van der Waals surface area contributed by atoms with Gasteiger partial charge >= 0.3 is 5.97 Å². The molecule has 0 radical (unpaired) electrons. The van der Waals surface area contributed by atoms with Crippen molar-refractivity contribution in [1.82, 2.24) is 5.32 Å². The van der Waals surface area contributed by atoms with Crippen LogP contribution in [0.3, 0.4) is 0 Å². The van der Waals surface area contributed by atoms with Gasteiger partial charge in [-0.1, -0.05) is 23.7 Å². The van der Waals surface area contributed by atoms with Gasteiger partial charge in [0.05, 0.1) is 10.6 Å². The molecule has 1 aromatic rings. The number of carbonyl (C=O) groups excluding carboxylic acids is 2. The van der Waals surface area contributed by atoms with Crippen molar-refractivity contribution in [1.29, 1.82) is 0 Å². The van der Waals surface area contributed by atoms with Crippen LogP contribution in [0.15, 0.2) is 24.3 Å². The van der Waals surface area contributed by atoms with E-state index in [0.29, 0.717) is 11.6 Å². The lowest BCUT2D eigenvalue weighted by Crippen LogP contribution is -2.35. The zero-order chi connectivity index (χ0) is 12.8. The molecule has 0 aliphatic rings. The maximum absolute atomic E-state index is 11.7. The smallest absolute Gasteiger partial charge is 0.340 e. The minimum Gasteiger partial charge on any atom is -0.449 e. The fraction of sp³-hybridized carbons (Fsp3) is 0.333. The number of hydrogen-bond donors (Lipinski definition) is 1. The SMILES string of the molecule is CCNC(=O)[C@H](C)OC(=O)c1ccccc1Cl. The molecule has 1 amide bonds. The molecule has 5 heteroatoms. The number of nitrogens with one attached hydrogen (secondary N) is 1. The van der Waals surface area contributed by atoms with Crippen LogP contribution in [0.1, 0.15) is 24.2 Å². The highest BCUT2D eigenvalue weighted by molar-refractivity contribution is 6.33. The topological polar surface area (TPSA) is 55.4 Å². The van der Waals surface area contributed by atoms with Crippen molar-refractivity contribution in [3.05, 3.63) is 34.9 Å². The second kappa shape index (κ2) is 6.25. The number of rotatable bonds is 4. The van der Waals surface area contributed by atoms with Gasteiger partial charge in [-0.3, -0.25) is 4.79 Å². The largest absolute Gasteiger partial charge is 0.449 e. The summed E-state index contributed by atoms with van der Waals surface area (Å²) in [5, 5.41) is 2.87. The van der Waals surface area contributed by atoms with Crippen molar-refractivity contribution < 1.29 is 14.3 Å². The monoisotopic (exact) mass is 255 g/mol. The van der Waals surface area contributed by atoms with E-state index >= 15 is 0 Å². The van der Waals surface area contributed by atoms with E-state index in [1.807, 2.05) is 0 Å². The zero-order valence-corrected chi connectivity index (χ0v) is 10.5. The summed E-state index contributed by atoms with van der Waals surface area (Å²) < 4.78 is 5.00. The van der Waals surface area contributed by atoms with Gasteiger partial charge in [0.2, 0.25) is 0 Å². The normalized spacial score (nSPS) is 11.7. The quantitative estimate of drug-likeness (QED) is 0.838. The van der Waals surface area contributed by atoms with Gasteiger partial charge in [0.25, 0.3) is 5.91 Å². The summed E-state index contributed by atoms with van der Waals surface area (Å²) in [5.41, 5.74) is 0.255. The van der Waals surface area contributed by atoms with Crippen LogP contribution in [0.2, 0.25) is 5.02 Å². The van der Waals surface area contributed by atoms with Gasteiger partial charge in [0.1, 0.15) is 0 Å². The van der Waals surface area contributed by atoms with Gasteiger partial charge in [-0.15, -0.1) is 0 Å². The van der Waals surface area contributed by atoms with E-state index in [1.54, 1.807) is 31.2 Å². The first kappa shape index (κ1) is 13.5. The van der Waals surface area contributed by atoms with Crippen molar-refractivity contribution in [3.63, 3.8) is 0 Å². The lowest BCUT2D eigenvalue weighted by molar-refractivity contribution is -0.128. The van der Waals surface area contributed by atoms with Crippen molar-refractivity contribution in [3.8, 4) is 0 Å². The van der Waals surface area contributed by atoms with Gasteiger partial charge in [-0.2, -0.15) is 0 Å². The number of carbonyl (C=O) groups is 2.